The van der Waals surface area contributed by atoms with Gasteiger partial charge in [-0.2, -0.15) is 13.2 Å². The average Bonchev–Trinajstić information content (AvgIpc) is 2.82. The first kappa shape index (κ1) is 24.5. The lowest BCUT2D eigenvalue weighted by Crippen LogP contribution is -2.49. The normalized spacial score (nSPS) is 18.4. The molecule has 0 bridgehead atoms. The second-order valence-corrected chi connectivity index (χ2v) is 9.01. The van der Waals surface area contributed by atoms with Gasteiger partial charge in [0.1, 0.15) is 0 Å². The summed E-state index contributed by atoms with van der Waals surface area (Å²) < 4.78 is 92.3. The summed E-state index contributed by atoms with van der Waals surface area (Å²) in [6.07, 6.45) is -3.76. The van der Waals surface area contributed by atoms with E-state index in [-0.39, 0.29) is 0 Å². The van der Waals surface area contributed by atoms with Crippen LogP contribution in [0.5, 0.6) is 0 Å². The minimum Gasteiger partial charge on any atom is -0.436 e. The van der Waals surface area contributed by atoms with Crippen LogP contribution in [0.3, 0.4) is 0 Å². The van der Waals surface area contributed by atoms with Crippen molar-refractivity contribution in [3.63, 3.8) is 0 Å². The second-order valence-electron chi connectivity index (χ2n) is 6.92. The summed E-state index contributed by atoms with van der Waals surface area (Å²) in [4.78, 5) is 0. The molecule has 0 amide bonds. The van der Waals surface area contributed by atoms with Gasteiger partial charge in [-0.1, -0.05) is 13.8 Å². The Kier molecular flexibility index (Phi) is 8.77. The smallest absolute Gasteiger partial charge is 0.436 e. The zero-order valence-electron chi connectivity index (χ0n) is 14.8. The quantitative estimate of drug-likeness (QED) is 0.385. The maximum absolute atomic E-state index is 11.1. The van der Waals surface area contributed by atoms with E-state index in [1.54, 1.807) is 0 Å². The highest BCUT2D eigenvalue weighted by molar-refractivity contribution is 8.20. The number of hydrogen-bond donors (Lipinski definition) is 0. The third kappa shape index (κ3) is 7.73. The number of halogens is 6. The Morgan fingerprint density at radius 2 is 1.48 bits per heavy atom. The topological polar surface area (TPSA) is 43.4 Å². The van der Waals surface area contributed by atoms with Crippen LogP contribution in [0.15, 0.2) is 0 Å². The van der Waals surface area contributed by atoms with E-state index in [4.69, 9.17) is 4.74 Å². The molecule has 1 heterocycles. The number of alkyl halides is 3. The van der Waals surface area contributed by atoms with E-state index < -0.39 is 21.5 Å². The van der Waals surface area contributed by atoms with Crippen LogP contribution in [0.25, 0.3) is 0 Å². The first-order chi connectivity index (χ1) is 11.0. The fourth-order valence-electron chi connectivity index (χ4n) is 2.60. The monoisotopic (exact) mass is 401 g/mol. The highest BCUT2D eigenvalue weighted by Gasteiger charge is 2.58. The van der Waals surface area contributed by atoms with Crippen molar-refractivity contribution in [1.82, 2.24) is 0 Å². The van der Waals surface area contributed by atoms with E-state index in [9.17, 15) is 34.5 Å². The third-order valence-electron chi connectivity index (χ3n) is 3.62. The lowest BCUT2D eigenvalue weighted by molar-refractivity contribution is -0.938. The molecule has 0 aromatic heterocycles. The lowest BCUT2D eigenvalue weighted by Gasteiger charge is -2.35. The molecule has 0 aliphatic carbocycles. The van der Waals surface area contributed by atoms with Crippen molar-refractivity contribution < 1.29 is 43.8 Å². The lowest BCUT2D eigenvalue weighted by atomic mass is 10.2. The molecule has 12 heteroatoms. The Morgan fingerprint density at radius 3 is 1.72 bits per heavy atom. The fraction of sp³-hybridized carbons (Fsp3) is 1.00. The van der Waals surface area contributed by atoms with Crippen LogP contribution in [-0.4, -0.2) is 57.1 Å². The molecular weight excluding hydrogens is 375 g/mol. The van der Waals surface area contributed by atoms with E-state index in [2.05, 4.69) is 27.7 Å². The first-order valence-corrected chi connectivity index (χ1v) is 9.55. The van der Waals surface area contributed by atoms with E-state index in [0.717, 1.165) is 12.6 Å². The van der Waals surface area contributed by atoms with Crippen molar-refractivity contribution in [1.29, 1.82) is 0 Å². The summed E-state index contributed by atoms with van der Waals surface area (Å²) in [5.74, 6) is 0.781. The SMILES string of the molecule is CC(C)C[N+]1(COC(C)C)CCCC1.O=S(=O)([B-](F)(F)F)C(F)(F)F. The highest BCUT2D eigenvalue weighted by Crippen LogP contribution is 2.33. The number of quaternary nitrogens is 1. The zero-order chi connectivity index (χ0) is 20.1. The molecule has 0 unspecified atom stereocenters. The van der Waals surface area contributed by atoms with Gasteiger partial charge in [0, 0.05) is 18.8 Å². The van der Waals surface area contributed by atoms with Crippen LogP contribution in [0.1, 0.15) is 40.5 Å². The summed E-state index contributed by atoms with van der Waals surface area (Å²) in [5, 5.41) is 0. The Morgan fingerprint density at radius 1 is 1.04 bits per heavy atom. The maximum atomic E-state index is 11.1. The predicted octanol–water partition coefficient (Wildman–Crippen LogP) is 3.90. The van der Waals surface area contributed by atoms with Crippen LogP contribution in [-0.2, 0) is 14.4 Å². The maximum Gasteiger partial charge on any atom is 0.616 e. The summed E-state index contributed by atoms with van der Waals surface area (Å²) in [6.45, 7) is 13.7. The predicted molar refractivity (Wildman–Crippen MR) is 84.1 cm³/mol. The van der Waals surface area contributed by atoms with Gasteiger partial charge in [-0.25, -0.2) is 0 Å². The molecule has 0 atom stereocenters. The summed E-state index contributed by atoms with van der Waals surface area (Å²) >= 11 is 0. The Hall–Kier alpha value is -0.485. The van der Waals surface area contributed by atoms with Gasteiger partial charge in [-0.15, -0.1) is 0 Å². The molecule has 0 spiro atoms. The van der Waals surface area contributed by atoms with Crippen molar-refractivity contribution in [2.75, 3.05) is 26.4 Å². The molecule has 4 nitrogen and oxygen atoms in total. The van der Waals surface area contributed by atoms with E-state index >= 15 is 0 Å². The number of nitrogens with zero attached hydrogens (tertiary/aromatic N) is 1. The van der Waals surface area contributed by atoms with Gasteiger partial charge in [0.05, 0.1) is 25.7 Å². The molecule has 1 rings (SSSR count). The highest BCUT2D eigenvalue weighted by atomic mass is 32.2. The minimum atomic E-state index is -6.95. The molecule has 0 aromatic carbocycles. The minimum absolute atomic E-state index is 0.373. The summed E-state index contributed by atoms with van der Waals surface area (Å²) in [6, 6.07) is 0. The van der Waals surface area contributed by atoms with Gasteiger partial charge in [-0.05, 0) is 13.8 Å². The first-order valence-electron chi connectivity index (χ1n) is 8.00. The molecule has 1 aliphatic rings. The molecule has 1 fully saturated rings. The molecule has 0 N–H and O–H groups in total. The number of hydrogen-bond acceptors (Lipinski definition) is 3. The van der Waals surface area contributed by atoms with Crippen molar-refractivity contribution in [3.05, 3.63) is 0 Å². The Labute approximate surface area is 145 Å². The van der Waals surface area contributed by atoms with Crippen LogP contribution < -0.4 is 0 Å². The van der Waals surface area contributed by atoms with Crippen molar-refractivity contribution in [3.8, 4) is 0 Å². The van der Waals surface area contributed by atoms with Gasteiger partial charge >= 0.3 is 11.8 Å². The van der Waals surface area contributed by atoms with Crippen molar-refractivity contribution in [2.45, 2.75) is 52.1 Å². The number of rotatable bonds is 6. The zero-order valence-corrected chi connectivity index (χ0v) is 15.6. The standard InChI is InChI=1S/C12H26NO.CBF6O2S/c1-11(2)9-13(7-5-6-8-13)10-14-12(3)4;3-1(4,5)11(9,10)2(6,7)8/h11-12H,5-10H2,1-4H3;/q+1;-1. The summed E-state index contributed by atoms with van der Waals surface area (Å²) in [7, 11) is -6.95. The van der Waals surface area contributed by atoms with Crippen molar-refractivity contribution in [2.24, 2.45) is 5.92 Å². The Bertz CT molecular complexity index is 479. The van der Waals surface area contributed by atoms with Gasteiger partial charge in [0.2, 0.25) is 9.69 Å². The molecule has 1 aliphatic heterocycles. The molecule has 25 heavy (non-hydrogen) atoms. The molecular formula is C13H26BF6NO3S. The van der Waals surface area contributed by atoms with Gasteiger partial charge in [0.25, 0.3) is 0 Å². The summed E-state index contributed by atoms with van der Waals surface area (Å²) in [5.41, 5.74) is -6.24. The van der Waals surface area contributed by atoms with Gasteiger partial charge in [0.15, 0.2) is 6.73 Å². The Balaban J connectivity index is 0.000000477. The van der Waals surface area contributed by atoms with Crippen LogP contribution in [0, 0.1) is 5.92 Å². The molecule has 0 aromatic rings. The van der Waals surface area contributed by atoms with Gasteiger partial charge in [-0.3, -0.25) is 8.42 Å². The van der Waals surface area contributed by atoms with E-state index in [0.29, 0.717) is 6.10 Å². The second kappa shape index (κ2) is 8.94. The largest absolute Gasteiger partial charge is 0.616 e. The third-order valence-corrected chi connectivity index (χ3v) is 4.97. The molecule has 152 valence electrons. The van der Waals surface area contributed by atoms with Gasteiger partial charge < -0.3 is 22.2 Å². The number of likely N-dealkylation sites (tertiary alicyclic amines) is 1. The molecule has 0 radical (unpaired) electrons. The fourth-order valence-corrected chi connectivity index (χ4v) is 2.91. The molecule has 0 saturated carbocycles. The van der Waals surface area contributed by atoms with Crippen LogP contribution in [0.4, 0.5) is 26.1 Å². The number of ether oxygens (including phenoxy) is 1. The molecule has 1 saturated heterocycles. The van der Waals surface area contributed by atoms with Crippen LogP contribution in [0.2, 0.25) is 0 Å². The van der Waals surface area contributed by atoms with E-state index in [1.807, 2.05) is 0 Å². The van der Waals surface area contributed by atoms with E-state index in [1.165, 1.54) is 37.0 Å². The van der Waals surface area contributed by atoms with Crippen molar-refractivity contribution >= 4 is 15.9 Å². The average molecular weight is 401 g/mol. The van der Waals surface area contributed by atoms with Crippen LogP contribution >= 0.6 is 0 Å².